The lowest BCUT2D eigenvalue weighted by Crippen LogP contribution is -2.49. The minimum atomic E-state index is -0.185. The Hall–Kier alpha value is -1.66. The lowest BCUT2D eigenvalue weighted by atomic mass is 9.93. The number of likely N-dealkylation sites (tertiary alicyclic amines) is 1. The van der Waals surface area contributed by atoms with Crippen molar-refractivity contribution in [1.82, 2.24) is 15.2 Å². The second kappa shape index (κ2) is 8.44. The summed E-state index contributed by atoms with van der Waals surface area (Å²) in [6.45, 7) is 5.38. The van der Waals surface area contributed by atoms with Crippen molar-refractivity contribution >= 4 is 6.09 Å². The van der Waals surface area contributed by atoms with Crippen LogP contribution in [0.25, 0.3) is 0 Å². The van der Waals surface area contributed by atoms with E-state index in [0.717, 1.165) is 45.6 Å². The quantitative estimate of drug-likeness (QED) is 0.891. The average Bonchev–Trinajstić information content (AvgIpc) is 3.03. The zero-order valence-electron chi connectivity index (χ0n) is 14.3. The minimum Gasteiger partial charge on any atom is -0.450 e. The molecule has 6 nitrogen and oxygen atoms in total. The van der Waals surface area contributed by atoms with Crippen molar-refractivity contribution in [3.63, 3.8) is 0 Å². The van der Waals surface area contributed by atoms with Crippen molar-refractivity contribution in [1.29, 1.82) is 0 Å². The van der Waals surface area contributed by atoms with Crippen molar-refractivity contribution in [3.05, 3.63) is 30.1 Å². The van der Waals surface area contributed by atoms with Crippen LogP contribution in [-0.2, 0) is 15.9 Å². The van der Waals surface area contributed by atoms with Gasteiger partial charge in [-0.15, -0.1) is 0 Å². The first-order valence-electron chi connectivity index (χ1n) is 8.90. The Morgan fingerprint density at radius 2 is 2.08 bits per heavy atom. The second-order valence-electron chi connectivity index (χ2n) is 6.59. The third kappa shape index (κ3) is 4.45. The number of aromatic nitrogens is 1. The van der Waals surface area contributed by atoms with E-state index in [4.69, 9.17) is 9.47 Å². The van der Waals surface area contributed by atoms with Gasteiger partial charge in [0.1, 0.15) is 0 Å². The van der Waals surface area contributed by atoms with Gasteiger partial charge in [0.05, 0.1) is 19.8 Å². The van der Waals surface area contributed by atoms with Crippen molar-refractivity contribution in [2.75, 3.05) is 32.9 Å². The molecule has 3 rings (SSSR count). The molecule has 0 spiro atoms. The summed E-state index contributed by atoms with van der Waals surface area (Å²) in [6, 6.07) is 4.99. The SMILES string of the molecule is CCOC(=O)N1CCC(N[C@H]2COC[C@H]2Cc2ccncc2)CC1. The first-order chi connectivity index (χ1) is 11.8. The maximum atomic E-state index is 11.8. The summed E-state index contributed by atoms with van der Waals surface area (Å²) in [5.74, 6) is 0.496. The standard InChI is InChI=1S/C18H27N3O3/c1-2-24-18(22)21-9-5-16(6-10-21)20-17-13-23-12-15(17)11-14-3-7-19-8-4-14/h3-4,7-8,15-17,20H,2,5-6,9-13H2,1H3/t15-,17+/m1/s1. The molecule has 3 heterocycles. The zero-order valence-corrected chi connectivity index (χ0v) is 14.3. The molecule has 2 atom stereocenters. The van der Waals surface area contributed by atoms with E-state index in [1.165, 1.54) is 5.56 Å². The van der Waals surface area contributed by atoms with Gasteiger partial charge in [-0.05, 0) is 43.9 Å². The molecule has 2 fully saturated rings. The van der Waals surface area contributed by atoms with Crippen LogP contribution in [0.1, 0.15) is 25.3 Å². The molecule has 2 aliphatic rings. The van der Waals surface area contributed by atoms with Gasteiger partial charge in [-0.3, -0.25) is 4.98 Å². The number of piperidine rings is 1. The van der Waals surface area contributed by atoms with E-state index in [2.05, 4.69) is 22.4 Å². The van der Waals surface area contributed by atoms with Gasteiger partial charge in [0.15, 0.2) is 0 Å². The number of hydrogen-bond acceptors (Lipinski definition) is 5. The minimum absolute atomic E-state index is 0.185. The summed E-state index contributed by atoms with van der Waals surface area (Å²) >= 11 is 0. The van der Waals surface area contributed by atoms with E-state index in [1.54, 1.807) is 4.90 Å². The summed E-state index contributed by atoms with van der Waals surface area (Å²) in [6.07, 6.45) is 6.46. The molecule has 24 heavy (non-hydrogen) atoms. The predicted octanol–water partition coefficient (Wildman–Crippen LogP) is 1.85. The number of carbonyl (C=O) groups excluding carboxylic acids is 1. The molecule has 0 bridgehead atoms. The van der Waals surface area contributed by atoms with Gasteiger partial charge in [-0.2, -0.15) is 0 Å². The highest BCUT2D eigenvalue weighted by Gasteiger charge is 2.32. The van der Waals surface area contributed by atoms with Crippen LogP contribution in [0.2, 0.25) is 0 Å². The average molecular weight is 333 g/mol. The Kier molecular flexibility index (Phi) is 6.04. The molecule has 1 aromatic rings. The molecule has 1 aromatic heterocycles. The van der Waals surface area contributed by atoms with Gasteiger partial charge in [-0.1, -0.05) is 0 Å². The van der Waals surface area contributed by atoms with Crippen molar-refractivity contribution in [2.45, 2.75) is 38.3 Å². The largest absolute Gasteiger partial charge is 0.450 e. The van der Waals surface area contributed by atoms with Crippen LogP contribution in [0.3, 0.4) is 0 Å². The van der Waals surface area contributed by atoms with Crippen LogP contribution in [0.5, 0.6) is 0 Å². The van der Waals surface area contributed by atoms with Crippen LogP contribution in [0, 0.1) is 5.92 Å². The first kappa shape index (κ1) is 17.2. The number of pyridine rings is 1. The fourth-order valence-electron chi connectivity index (χ4n) is 3.55. The monoisotopic (exact) mass is 333 g/mol. The van der Waals surface area contributed by atoms with E-state index in [0.29, 0.717) is 24.6 Å². The van der Waals surface area contributed by atoms with Gasteiger partial charge in [0.25, 0.3) is 0 Å². The summed E-state index contributed by atoms with van der Waals surface area (Å²) in [5, 5.41) is 3.76. The third-order valence-corrected chi connectivity index (χ3v) is 4.92. The maximum absolute atomic E-state index is 11.8. The fourth-order valence-corrected chi connectivity index (χ4v) is 3.55. The highest BCUT2D eigenvalue weighted by molar-refractivity contribution is 5.67. The van der Waals surface area contributed by atoms with Crippen LogP contribution in [-0.4, -0.2) is 61.0 Å². The highest BCUT2D eigenvalue weighted by atomic mass is 16.6. The van der Waals surface area contributed by atoms with E-state index in [1.807, 2.05) is 19.3 Å². The molecule has 1 amide bonds. The number of amides is 1. The molecular weight excluding hydrogens is 306 g/mol. The Labute approximate surface area is 143 Å². The molecule has 2 aliphatic heterocycles. The van der Waals surface area contributed by atoms with Gasteiger partial charge in [0, 0.05) is 43.5 Å². The van der Waals surface area contributed by atoms with Crippen molar-refractivity contribution in [2.24, 2.45) is 5.92 Å². The lowest BCUT2D eigenvalue weighted by Gasteiger charge is -2.34. The van der Waals surface area contributed by atoms with Gasteiger partial charge in [0.2, 0.25) is 0 Å². The van der Waals surface area contributed by atoms with Crippen molar-refractivity contribution < 1.29 is 14.3 Å². The molecule has 0 aromatic carbocycles. The predicted molar refractivity (Wildman–Crippen MR) is 90.8 cm³/mol. The smallest absolute Gasteiger partial charge is 0.409 e. The molecular formula is C18H27N3O3. The summed E-state index contributed by atoms with van der Waals surface area (Å²) < 4.78 is 10.8. The third-order valence-electron chi connectivity index (χ3n) is 4.92. The number of rotatable bonds is 5. The number of carbonyl (C=O) groups is 1. The number of nitrogens with zero attached hydrogens (tertiary/aromatic N) is 2. The summed E-state index contributed by atoms with van der Waals surface area (Å²) in [7, 11) is 0. The molecule has 0 saturated carbocycles. The maximum Gasteiger partial charge on any atom is 0.409 e. The number of hydrogen-bond donors (Lipinski definition) is 1. The molecule has 132 valence electrons. The molecule has 0 unspecified atom stereocenters. The van der Waals surface area contributed by atoms with E-state index in [9.17, 15) is 4.79 Å². The van der Waals surface area contributed by atoms with Crippen molar-refractivity contribution in [3.8, 4) is 0 Å². The highest BCUT2D eigenvalue weighted by Crippen LogP contribution is 2.21. The molecule has 0 radical (unpaired) electrons. The lowest BCUT2D eigenvalue weighted by molar-refractivity contribution is 0.0934. The molecule has 0 aliphatic carbocycles. The Bertz CT molecular complexity index is 518. The van der Waals surface area contributed by atoms with Crippen LogP contribution in [0.15, 0.2) is 24.5 Å². The van der Waals surface area contributed by atoms with Gasteiger partial charge in [-0.25, -0.2) is 4.79 Å². The molecule has 2 saturated heterocycles. The Balaban J connectivity index is 1.46. The van der Waals surface area contributed by atoms with Crippen LogP contribution < -0.4 is 5.32 Å². The molecule has 6 heteroatoms. The van der Waals surface area contributed by atoms with E-state index >= 15 is 0 Å². The van der Waals surface area contributed by atoms with E-state index in [-0.39, 0.29) is 6.09 Å². The van der Waals surface area contributed by atoms with Crippen LogP contribution in [0.4, 0.5) is 4.79 Å². The summed E-state index contributed by atoms with van der Waals surface area (Å²) in [5.41, 5.74) is 1.31. The number of ether oxygens (including phenoxy) is 2. The number of nitrogens with one attached hydrogen (secondary N) is 1. The summed E-state index contributed by atoms with van der Waals surface area (Å²) in [4.78, 5) is 17.6. The van der Waals surface area contributed by atoms with E-state index < -0.39 is 0 Å². The Morgan fingerprint density at radius 1 is 1.33 bits per heavy atom. The van der Waals surface area contributed by atoms with Gasteiger partial charge < -0.3 is 19.7 Å². The second-order valence-corrected chi connectivity index (χ2v) is 6.59. The Morgan fingerprint density at radius 3 is 2.79 bits per heavy atom. The van der Waals surface area contributed by atoms with Crippen LogP contribution >= 0.6 is 0 Å². The topological polar surface area (TPSA) is 63.7 Å². The zero-order chi connectivity index (χ0) is 16.8. The molecule has 1 N–H and O–H groups in total. The van der Waals surface area contributed by atoms with Gasteiger partial charge >= 0.3 is 6.09 Å². The first-order valence-corrected chi connectivity index (χ1v) is 8.90. The normalized spacial score (nSPS) is 25.0. The fraction of sp³-hybridized carbons (Fsp3) is 0.667.